The zero-order valence-electron chi connectivity index (χ0n) is 22.1. The molecule has 0 spiro atoms. The predicted molar refractivity (Wildman–Crippen MR) is 141 cm³/mol. The largest absolute Gasteiger partial charge is 0.534 e. The molecule has 0 radical (unpaired) electrons. The number of halogens is 3. The van der Waals surface area contributed by atoms with Crippen LogP contribution in [-0.4, -0.2) is 43.6 Å². The van der Waals surface area contributed by atoms with E-state index in [0.29, 0.717) is 30.8 Å². The minimum atomic E-state index is -6.03. The third kappa shape index (κ3) is 4.98. The van der Waals surface area contributed by atoms with Crippen LogP contribution in [0.25, 0.3) is 0 Å². The zero-order valence-corrected chi connectivity index (χ0v) is 23.7. The van der Waals surface area contributed by atoms with Crippen molar-refractivity contribution < 1.29 is 40.4 Å². The molecule has 0 aromatic heterocycles. The molecule has 5 atom stereocenters. The van der Waals surface area contributed by atoms with Crippen LogP contribution in [0.2, 0.25) is 0 Å². The van der Waals surface area contributed by atoms with Gasteiger partial charge in [0, 0.05) is 21.1 Å². The van der Waals surface area contributed by atoms with Gasteiger partial charge in [-0.3, -0.25) is 0 Å². The fourth-order valence-electron chi connectivity index (χ4n) is 6.92. The SMILES string of the molecule is C[C@]12CC(Sc3ccccc3)=C(OS(=O)(=O)C(F)(F)F)[C@@H](CC[C@]34CCCC=C3COCO4)[C@@]1(O)CC[C@@H]2C#N. The number of benzene rings is 1. The monoisotopic (exact) mass is 599 g/mol. The van der Waals surface area contributed by atoms with E-state index in [-0.39, 0.29) is 31.0 Å². The molecule has 3 aliphatic carbocycles. The summed E-state index contributed by atoms with van der Waals surface area (Å²) in [6.07, 6.45) is 5.34. The molecule has 218 valence electrons. The lowest BCUT2D eigenvalue weighted by atomic mass is 9.59. The maximum Gasteiger partial charge on any atom is 0.534 e. The number of fused-ring (bicyclic) bond motifs is 2. The number of thioether (sulfide) groups is 1. The highest BCUT2D eigenvalue weighted by Gasteiger charge is 2.65. The molecule has 5 rings (SSSR count). The highest BCUT2D eigenvalue weighted by Crippen LogP contribution is 2.64. The number of alkyl halides is 3. The maximum absolute atomic E-state index is 13.6. The second-order valence-corrected chi connectivity index (χ2v) is 13.9. The topological polar surface area (TPSA) is 106 Å². The highest BCUT2D eigenvalue weighted by molar-refractivity contribution is 8.03. The van der Waals surface area contributed by atoms with Crippen molar-refractivity contribution in [2.24, 2.45) is 17.3 Å². The Morgan fingerprint density at radius 3 is 2.70 bits per heavy atom. The van der Waals surface area contributed by atoms with Crippen LogP contribution < -0.4 is 0 Å². The van der Waals surface area contributed by atoms with Crippen LogP contribution in [0, 0.1) is 28.6 Å². The van der Waals surface area contributed by atoms with Crippen LogP contribution in [0.15, 0.2) is 57.5 Å². The number of hydrogen-bond donors (Lipinski definition) is 1. The number of nitrogens with zero attached hydrogens (tertiary/aromatic N) is 1. The number of rotatable bonds is 7. The van der Waals surface area contributed by atoms with Gasteiger partial charge in [0.1, 0.15) is 12.6 Å². The van der Waals surface area contributed by atoms with Gasteiger partial charge in [0.25, 0.3) is 0 Å². The van der Waals surface area contributed by atoms with Crippen molar-refractivity contribution in [3.8, 4) is 6.07 Å². The molecule has 1 N–H and O–H groups in total. The molecule has 1 saturated carbocycles. The van der Waals surface area contributed by atoms with Crippen molar-refractivity contribution in [1.82, 2.24) is 0 Å². The van der Waals surface area contributed by atoms with Gasteiger partial charge in [-0.25, -0.2) is 0 Å². The summed E-state index contributed by atoms with van der Waals surface area (Å²) in [5.41, 5.74) is -8.11. The van der Waals surface area contributed by atoms with E-state index in [2.05, 4.69) is 12.1 Å². The summed E-state index contributed by atoms with van der Waals surface area (Å²) < 4.78 is 82.3. The first-order chi connectivity index (χ1) is 18.9. The van der Waals surface area contributed by atoms with Crippen LogP contribution in [0.5, 0.6) is 0 Å². The van der Waals surface area contributed by atoms with Gasteiger partial charge in [0.15, 0.2) is 0 Å². The molecule has 1 heterocycles. The van der Waals surface area contributed by atoms with Crippen molar-refractivity contribution in [2.45, 2.75) is 79.9 Å². The minimum absolute atomic E-state index is 0.00112. The van der Waals surface area contributed by atoms with E-state index in [1.54, 1.807) is 37.3 Å². The van der Waals surface area contributed by atoms with Crippen molar-refractivity contribution in [3.63, 3.8) is 0 Å². The Hall–Kier alpha value is -2.04. The van der Waals surface area contributed by atoms with E-state index in [1.165, 1.54) is 0 Å². The summed E-state index contributed by atoms with van der Waals surface area (Å²) in [7, 11) is -6.03. The van der Waals surface area contributed by atoms with Gasteiger partial charge in [-0.2, -0.15) is 26.9 Å². The number of allylic oxidation sites excluding steroid dienone is 2. The predicted octanol–water partition coefficient (Wildman–Crippen LogP) is 6.18. The molecular formula is C28H32F3NO6S2. The lowest BCUT2D eigenvalue weighted by Crippen LogP contribution is -2.55. The van der Waals surface area contributed by atoms with E-state index < -0.39 is 49.8 Å². The minimum Gasteiger partial charge on any atom is -0.388 e. The van der Waals surface area contributed by atoms with Crippen LogP contribution in [0.1, 0.15) is 58.3 Å². The van der Waals surface area contributed by atoms with E-state index in [0.717, 1.165) is 30.2 Å². The fraction of sp³-hybridized carbons (Fsp3) is 0.607. The number of aliphatic hydroxyl groups is 1. The van der Waals surface area contributed by atoms with E-state index in [4.69, 9.17) is 13.7 Å². The lowest BCUT2D eigenvalue weighted by Gasteiger charge is -2.51. The number of hydrogen-bond acceptors (Lipinski definition) is 8. The lowest BCUT2D eigenvalue weighted by molar-refractivity contribution is -0.174. The summed E-state index contributed by atoms with van der Waals surface area (Å²) in [5, 5.41) is 22.3. The van der Waals surface area contributed by atoms with E-state index >= 15 is 0 Å². The molecule has 4 aliphatic rings. The highest BCUT2D eigenvalue weighted by atomic mass is 32.2. The Morgan fingerprint density at radius 2 is 2.00 bits per heavy atom. The molecule has 0 unspecified atom stereocenters. The number of ether oxygens (including phenoxy) is 2. The van der Waals surface area contributed by atoms with E-state index in [1.807, 2.05) is 0 Å². The Kier molecular flexibility index (Phi) is 7.85. The smallest absolute Gasteiger partial charge is 0.388 e. The zero-order chi connectivity index (χ0) is 28.8. The van der Waals surface area contributed by atoms with Crippen molar-refractivity contribution in [3.05, 3.63) is 52.6 Å². The average Bonchev–Trinajstić information content (AvgIpc) is 3.18. The molecule has 12 heteroatoms. The van der Waals surface area contributed by atoms with Gasteiger partial charge in [-0.05, 0) is 69.1 Å². The van der Waals surface area contributed by atoms with Gasteiger partial charge >= 0.3 is 15.6 Å². The summed E-state index contributed by atoms with van der Waals surface area (Å²) in [6.45, 7) is 2.22. The average molecular weight is 600 g/mol. The molecule has 1 aromatic carbocycles. The summed E-state index contributed by atoms with van der Waals surface area (Å²) >= 11 is 1.11. The summed E-state index contributed by atoms with van der Waals surface area (Å²) in [4.78, 5) is 0.939. The van der Waals surface area contributed by atoms with Crippen molar-refractivity contribution in [1.29, 1.82) is 5.26 Å². The first-order valence-corrected chi connectivity index (χ1v) is 15.6. The number of nitriles is 1. The van der Waals surface area contributed by atoms with Gasteiger partial charge < -0.3 is 18.8 Å². The quantitative estimate of drug-likeness (QED) is 0.225. The normalized spacial score (nSPS) is 34.5. The molecule has 1 aromatic rings. The van der Waals surface area contributed by atoms with Gasteiger partial charge in [-0.15, -0.1) is 0 Å². The third-order valence-corrected chi connectivity index (χ3v) is 11.2. The molecule has 1 saturated heterocycles. The third-order valence-electron chi connectivity index (χ3n) is 9.16. The molecule has 7 nitrogen and oxygen atoms in total. The standard InChI is InChI=1S/C28H32F3NO6S2/c1-25-15-23(39-21-8-3-2-4-9-21)24(38-40(34,35)28(29,30)31)22(27(25,33)14-10-19(25)16-32)11-13-26-12-6-5-7-20(26)17-36-18-37-26/h2-4,7-9,19,22,33H,5-6,10-15,17-18H2,1H3/t19-,22-,25-,26-,27+/m1/s1. The molecule has 2 fully saturated rings. The fourth-order valence-corrected chi connectivity index (χ4v) is 8.76. The molecule has 40 heavy (non-hydrogen) atoms. The second-order valence-electron chi connectivity index (χ2n) is 11.2. The van der Waals surface area contributed by atoms with Crippen LogP contribution in [0.4, 0.5) is 13.2 Å². The maximum atomic E-state index is 13.6. The Labute approximate surface area is 236 Å². The van der Waals surface area contributed by atoms with Crippen molar-refractivity contribution >= 4 is 21.9 Å². The van der Waals surface area contributed by atoms with E-state index in [9.17, 15) is 32.0 Å². The molecule has 0 amide bonds. The first kappa shape index (κ1) is 29.5. The molecular weight excluding hydrogens is 567 g/mol. The van der Waals surface area contributed by atoms with Gasteiger partial charge in [0.05, 0.1) is 29.8 Å². The van der Waals surface area contributed by atoms with Gasteiger partial charge in [0.2, 0.25) is 0 Å². The Morgan fingerprint density at radius 1 is 1.25 bits per heavy atom. The van der Waals surface area contributed by atoms with Crippen molar-refractivity contribution in [2.75, 3.05) is 13.4 Å². The Bertz CT molecular complexity index is 1340. The van der Waals surface area contributed by atoms with Gasteiger partial charge in [-0.1, -0.05) is 43.0 Å². The first-order valence-electron chi connectivity index (χ1n) is 13.4. The van der Waals surface area contributed by atoms with Crippen LogP contribution in [-0.2, 0) is 23.8 Å². The van der Waals surface area contributed by atoms with Crippen LogP contribution >= 0.6 is 11.8 Å². The second kappa shape index (κ2) is 10.7. The van der Waals surface area contributed by atoms with Crippen LogP contribution in [0.3, 0.4) is 0 Å². The summed E-state index contributed by atoms with van der Waals surface area (Å²) in [6, 6.07) is 11.1. The molecule has 1 aliphatic heterocycles. The Balaban J connectivity index is 1.62. The molecule has 0 bridgehead atoms. The summed E-state index contributed by atoms with van der Waals surface area (Å²) in [5.74, 6) is -2.08.